The van der Waals surface area contributed by atoms with E-state index in [9.17, 15) is 4.39 Å². The van der Waals surface area contributed by atoms with Crippen LogP contribution in [0.4, 0.5) is 20.5 Å². The lowest BCUT2D eigenvalue weighted by Gasteiger charge is -2.21. The minimum Gasteiger partial charge on any atom is -0.359 e. The number of H-pyrrole nitrogens is 1. The predicted octanol–water partition coefficient (Wildman–Crippen LogP) is 6.00. The number of imidazole rings is 1. The van der Waals surface area contributed by atoms with Crippen LogP contribution in [0.3, 0.4) is 0 Å². The molecule has 0 bridgehead atoms. The van der Waals surface area contributed by atoms with Gasteiger partial charge in [-0.25, -0.2) is 28.7 Å². The largest absolute Gasteiger partial charge is 0.359 e. The zero-order chi connectivity index (χ0) is 26.6. The lowest BCUT2D eigenvalue weighted by molar-refractivity contribution is 0.370. The van der Waals surface area contributed by atoms with E-state index >= 15 is 4.39 Å². The van der Waals surface area contributed by atoms with Crippen LogP contribution in [0.5, 0.6) is 0 Å². The van der Waals surface area contributed by atoms with Crippen LogP contribution < -0.4 is 5.32 Å². The molecule has 1 aromatic carbocycles. The Kier molecular flexibility index (Phi) is 5.91. The minimum atomic E-state index is -0.646. The van der Waals surface area contributed by atoms with Crippen molar-refractivity contribution in [2.75, 3.05) is 25.5 Å². The van der Waals surface area contributed by atoms with Crippen LogP contribution in [0.1, 0.15) is 37.7 Å². The summed E-state index contributed by atoms with van der Waals surface area (Å²) in [5.41, 5.74) is 5.25. The highest BCUT2D eigenvalue weighted by Gasteiger charge is 2.19. The van der Waals surface area contributed by atoms with E-state index in [1.807, 2.05) is 43.7 Å². The van der Waals surface area contributed by atoms with Gasteiger partial charge in [0.2, 0.25) is 5.95 Å². The summed E-state index contributed by atoms with van der Waals surface area (Å²) in [5.74, 6) is 0.214. The lowest BCUT2D eigenvalue weighted by Crippen LogP contribution is -2.23. The van der Waals surface area contributed by atoms with Crippen LogP contribution in [-0.2, 0) is 0 Å². The van der Waals surface area contributed by atoms with Crippen molar-refractivity contribution in [2.24, 2.45) is 0 Å². The Balaban J connectivity index is 1.36. The fourth-order valence-corrected chi connectivity index (χ4v) is 5.13. The Morgan fingerprint density at radius 2 is 1.89 bits per heavy atom. The number of benzene rings is 1. The smallest absolute Gasteiger partial charge is 0.229 e. The quantitative estimate of drug-likeness (QED) is 0.299. The molecule has 1 aliphatic rings. The van der Waals surface area contributed by atoms with Crippen molar-refractivity contribution < 1.29 is 8.78 Å². The molecule has 0 aliphatic carbocycles. The molecule has 0 saturated heterocycles. The van der Waals surface area contributed by atoms with Crippen molar-refractivity contribution in [2.45, 2.75) is 33.2 Å². The van der Waals surface area contributed by atoms with Gasteiger partial charge in [-0.1, -0.05) is 6.08 Å². The van der Waals surface area contributed by atoms with Crippen LogP contribution in [-0.4, -0.2) is 54.5 Å². The van der Waals surface area contributed by atoms with Crippen LogP contribution >= 0.6 is 0 Å². The fraction of sp³-hybridized carbons (Fsp3) is 0.286. The molecule has 0 atom stereocenters. The van der Waals surface area contributed by atoms with Gasteiger partial charge in [0.05, 0.1) is 22.7 Å². The summed E-state index contributed by atoms with van der Waals surface area (Å²) in [5, 5.41) is 3.09. The van der Waals surface area contributed by atoms with Gasteiger partial charge in [0, 0.05) is 36.5 Å². The number of aryl methyl sites for hydroxylation is 1. The normalized spacial score (nSPS) is 14.6. The van der Waals surface area contributed by atoms with Crippen molar-refractivity contribution in [3.63, 3.8) is 0 Å². The van der Waals surface area contributed by atoms with Gasteiger partial charge in [0.15, 0.2) is 11.6 Å². The van der Waals surface area contributed by atoms with Gasteiger partial charge in [0.1, 0.15) is 22.9 Å². The number of nitrogens with zero attached hydrogens (tertiary/aromatic N) is 6. The molecule has 0 unspecified atom stereocenters. The van der Waals surface area contributed by atoms with E-state index in [1.54, 1.807) is 6.07 Å². The van der Waals surface area contributed by atoms with Crippen molar-refractivity contribution >= 4 is 39.4 Å². The average molecular weight is 515 g/mol. The molecule has 4 aromatic heterocycles. The third-order valence-corrected chi connectivity index (χ3v) is 6.98. The van der Waals surface area contributed by atoms with Crippen LogP contribution in [0.2, 0.25) is 0 Å². The monoisotopic (exact) mass is 514 g/mol. The summed E-state index contributed by atoms with van der Waals surface area (Å²) in [6, 6.07) is 6.80. The maximum absolute atomic E-state index is 15.0. The third kappa shape index (κ3) is 4.20. The van der Waals surface area contributed by atoms with Crippen molar-refractivity contribution in [1.29, 1.82) is 0 Å². The molecule has 1 aliphatic heterocycles. The van der Waals surface area contributed by atoms with Crippen LogP contribution in [0.25, 0.3) is 38.9 Å². The van der Waals surface area contributed by atoms with E-state index in [4.69, 9.17) is 4.98 Å². The Morgan fingerprint density at radius 3 is 2.66 bits per heavy atom. The van der Waals surface area contributed by atoms with E-state index in [2.05, 4.69) is 43.3 Å². The molecule has 6 rings (SSSR count). The number of aromatic nitrogens is 6. The molecular formula is C28H28F2N8. The van der Waals surface area contributed by atoms with E-state index in [-0.39, 0.29) is 23.2 Å². The highest BCUT2D eigenvalue weighted by molar-refractivity contribution is 5.91. The van der Waals surface area contributed by atoms with Gasteiger partial charge < -0.3 is 19.8 Å². The molecule has 5 heterocycles. The van der Waals surface area contributed by atoms with Gasteiger partial charge in [-0.3, -0.25) is 0 Å². The number of hydrogen-bond acceptors (Lipinski definition) is 6. The molecule has 0 saturated carbocycles. The SMILES string of the molecule is Cc1nc2c(F)cc(-c3nc(Nc4ccc5[nH]cc(C6=CCN(C)CC6)c5n4)ncc3F)cc2n1C(C)C. The lowest BCUT2D eigenvalue weighted by atomic mass is 10.0. The number of rotatable bonds is 5. The molecule has 0 fully saturated rings. The highest BCUT2D eigenvalue weighted by atomic mass is 19.1. The zero-order valence-corrected chi connectivity index (χ0v) is 21.7. The number of halogens is 2. The average Bonchev–Trinajstić information content (AvgIpc) is 3.46. The molecule has 0 amide bonds. The predicted molar refractivity (Wildman–Crippen MR) is 145 cm³/mol. The Labute approximate surface area is 218 Å². The first-order chi connectivity index (χ1) is 18.3. The van der Waals surface area contributed by atoms with Crippen LogP contribution in [0, 0.1) is 18.6 Å². The summed E-state index contributed by atoms with van der Waals surface area (Å²) < 4.78 is 31.9. The van der Waals surface area contributed by atoms with E-state index in [0.29, 0.717) is 22.7 Å². The fourth-order valence-electron chi connectivity index (χ4n) is 5.13. The van der Waals surface area contributed by atoms with Crippen LogP contribution in [0.15, 0.2) is 42.7 Å². The zero-order valence-electron chi connectivity index (χ0n) is 21.7. The number of nitrogens with one attached hydrogen (secondary N) is 2. The summed E-state index contributed by atoms with van der Waals surface area (Å²) >= 11 is 0. The summed E-state index contributed by atoms with van der Waals surface area (Å²) in [6.45, 7) is 7.71. The number of pyridine rings is 1. The van der Waals surface area contributed by atoms with E-state index in [0.717, 1.165) is 42.3 Å². The number of likely N-dealkylation sites (N-methyl/N-ethyl adjacent to an activating group) is 1. The maximum Gasteiger partial charge on any atom is 0.229 e. The van der Waals surface area contributed by atoms with Crippen molar-refractivity contribution in [1.82, 2.24) is 34.4 Å². The molecule has 5 aromatic rings. The van der Waals surface area contributed by atoms with Gasteiger partial charge in [-0.15, -0.1) is 0 Å². The Morgan fingerprint density at radius 1 is 1.05 bits per heavy atom. The first-order valence-electron chi connectivity index (χ1n) is 12.6. The van der Waals surface area contributed by atoms with E-state index in [1.165, 1.54) is 11.6 Å². The molecular weight excluding hydrogens is 486 g/mol. The highest BCUT2D eigenvalue weighted by Crippen LogP contribution is 2.32. The second-order valence-corrected chi connectivity index (χ2v) is 10.0. The summed E-state index contributed by atoms with van der Waals surface area (Å²) in [4.78, 5) is 23.2. The molecule has 10 heteroatoms. The minimum absolute atomic E-state index is 0.00245. The number of anilines is 2. The molecule has 2 N–H and O–H groups in total. The molecule has 194 valence electrons. The second kappa shape index (κ2) is 9.29. The molecule has 0 spiro atoms. The standard InChI is InChI=1S/C28H28F2N8/c1-15(2)38-16(3)33-27-20(29)11-18(12-23(27)38)25-21(30)14-32-28(36-25)35-24-6-5-22-26(34-24)19(13-31-22)17-7-9-37(4)10-8-17/h5-7,11-15,31H,8-10H2,1-4H3,(H,32,34,35,36). The van der Waals surface area contributed by atoms with Crippen molar-refractivity contribution in [3.05, 3.63) is 65.8 Å². The summed E-state index contributed by atoms with van der Waals surface area (Å²) in [6.07, 6.45) is 6.25. The molecule has 0 radical (unpaired) electrons. The Hall–Kier alpha value is -4.18. The van der Waals surface area contributed by atoms with Gasteiger partial charge in [-0.2, -0.15) is 0 Å². The maximum atomic E-state index is 15.0. The van der Waals surface area contributed by atoms with Gasteiger partial charge in [-0.05, 0) is 64.1 Å². The second-order valence-electron chi connectivity index (χ2n) is 10.0. The first kappa shape index (κ1) is 24.2. The number of fused-ring (bicyclic) bond motifs is 2. The summed E-state index contributed by atoms with van der Waals surface area (Å²) in [7, 11) is 2.10. The topological polar surface area (TPSA) is 87.6 Å². The third-order valence-electron chi connectivity index (χ3n) is 6.98. The van der Waals surface area contributed by atoms with Crippen molar-refractivity contribution in [3.8, 4) is 11.3 Å². The number of aromatic amines is 1. The van der Waals surface area contributed by atoms with E-state index < -0.39 is 11.6 Å². The number of hydrogen-bond donors (Lipinski definition) is 2. The van der Waals surface area contributed by atoms with Gasteiger partial charge in [0.25, 0.3) is 0 Å². The van der Waals surface area contributed by atoms with Gasteiger partial charge >= 0.3 is 0 Å². The molecule has 8 nitrogen and oxygen atoms in total. The Bertz CT molecular complexity index is 1720. The molecule has 38 heavy (non-hydrogen) atoms. The first-order valence-corrected chi connectivity index (χ1v) is 12.6.